The zero-order valence-electron chi connectivity index (χ0n) is 13.5. The predicted molar refractivity (Wildman–Crippen MR) is 85.5 cm³/mol. The van der Waals surface area contributed by atoms with Gasteiger partial charge in [0.15, 0.2) is 0 Å². The van der Waals surface area contributed by atoms with Crippen molar-refractivity contribution in [1.82, 2.24) is 4.90 Å². The van der Waals surface area contributed by atoms with Crippen LogP contribution in [0.4, 0.5) is 0 Å². The minimum atomic E-state index is -0.800. The lowest BCUT2D eigenvalue weighted by Crippen LogP contribution is -2.31. The number of likely N-dealkylation sites (tertiary alicyclic amines) is 1. The molecule has 2 rings (SSSR count). The van der Waals surface area contributed by atoms with Crippen LogP contribution in [0.1, 0.15) is 38.7 Å². The van der Waals surface area contributed by atoms with Gasteiger partial charge in [-0.2, -0.15) is 0 Å². The Morgan fingerprint density at radius 2 is 1.86 bits per heavy atom. The molecule has 0 aliphatic carbocycles. The van der Waals surface area contributed by atoms with E-state index in [1.54, 1.807) is 4.90 Å². The first-order valence-corrected chi connectivity index (χ1v) is 7.95. The zero-order chi connectivity index (χ0) is 16.3. The lowest BCUT2D eigenvalue weighted by atomic mass is 9.85. The van der Waals surface area contributed by atoms with Crippen LogP contribution in [0.2, 0.25) is 0 Å². The number of hydrogen-bond donors (Lipinski definition) is 1. The third kappa shape index (κ3) is 3.67. The summed E-state index contributed by atoms with van der Waals surface area (Å²) in [6.45, 7) is 7.04. The van der Waals surface area contributed by atoms with Crippen molar-refractivity contribution in [3.05, 3.63) is 35.9 Å². The van der Waals surface area contributed by atoms with Crippen LogP contribution < -0.4 is 0 Å². The normalized spacial score (nSPS) is 22.8. The maximum atomic E-state index is 12.6. The summed E-state index contributed by atoms with van der Waals surface area (Å²) in [6, 6.07) is 10.1. The Labute approximate surface area is 132 Å². The molecule has 0 spiro atoms. The highest BCUT2D eigenvalue weighted by atomic mass is 16.4. The molecule has 1 heterocycles. The van der Waals surface area contributed by atoms with E-state index in [9.17, 15) is 14.7 Å². The quantitative estimate of drug-likeness (QED) is 0.909. The monoisotopic (exact) mass is 303 g/mol. The molecule has 1 aliphatic rings. The molecule has 4 nitrogen and oxygen atoms in total. The molecule has 120 valence electrons. The molecule has 1 N–H and O–H groups in total. The Balaban J connectivity index is 2.05. The van der Waals surface area contributed by atoms with Gasteiger partial charge >= 0.3 is 5.97 Å². The third-order valence-electron chi connectivity index (χ3n) is 4.71. The Hall–Kier alpha value is -1.84. The number of carboxylic acid groups (broad SMARTS) is 1. The van der Waals surface area contributed by atoms with E-state index in [1.165, 1.54) is 5.56 Å². The standard InChI is InChI=1S/C18H25NO3/c1-12(2)15(14-7-5-4-6-8-14)9-17(20)19-10-13(3)16(11-19)18(21)22/h4-8,12-13,15-16H,9-11H2,1-3H3,(H,21,22)/t13-,15?,16-/m1/s1. The fourth-order valence-electron chi connectivity index (χ4n) is 3.25. The zero-order valence-corrected chi connectivity index (χ0v) is 13.5. The first kappa shape index (κ1) is 16.5. The van der Waals surface area contributed by atoms with E-state index < -0.39 is 11.9 Å². The average Bonchev–Trinajstić information content (AvgIpc) is 2.87. The molecule has 0 aromatic heterocycles. The third-order valence-corrected chi connectivity index (χ3v) is 4.71. The van der Waals surface area contributed by atoms with Crippen LogP contribution in [0.5, 0.6) is 0 Å². The van der Waals surface area contributed by atoms with Crippen LogP contribution in [0, 0.1) is 17.8 Å². The molecule has 1 saturated heterocycles. The van der Waals surface area contributed by atoms with E-state index in [1.807, 2.05) is 25.1 Å². The average molecular weight is 303 g/mol. The van der Waals surface area contributed by atoms with E-state index in [-0.39, 0.29) is 17.7 Å². The van der Waals surface area contributed by atoms with Gasteiger partial charge in [-0.05, 0) is 23.3 Å². The number of amides is 1. The molecule has 0 saturated carbocycles. The fourth-order valence-corrected chi connectivity index (χ4v) is 3.25. The van der Waals surface area contributed by atoms with Crippen LogP contribution in [-0.2, 0) is 9.59 Å². The first-order chi connectivity index (χ1) is 10.4. The molecule has 3 atom stereocenters. The minimum absolute atomic E-state index is 0.0238. The van der Waals surface area contributed by atoms with Gasteiger partial charge < -0.3 is 10.0 Å². The van der Waals surface area contributed by atoms with Gasteiger partial charge in [0.1, 0.15) is 0 Å². The molecule has 1 aromatic rings. The van der Waals surface area contributed by atoms with Crippen molar-refractivity contribution in [3.8, 4) is 0 Å². The summed E-state index contributed by atoms with van der Waals surface area (Å²) in [5.41, 5.74) is 1.17. The Morgan fingerprint density at radius 3 is 2.36 bits per heavy atom. The molecule has 0 radical (unpaired) electrons. The number of aliphatic carboxylic acids is 1. The van der Waals surface area contributed by atoms with E-state index in [0.717, 1.165) is 0 Å². The molecular formula is C18H25NO3. The number of nitrogens with zero attached hydrogens (tertiary/aromatic N) is 1. The number of benzene rings is 1. The van der Waals surface area contributed by atoms with Crippen molar-refractivity contribution in [2.24, 2.45) is 17.8 Å². The summed E-state index contributed by atoms with van der Waals surface area (Å²) in [5.74, 6) is -0.604. The maximum Gasteiger partial charge on any atom is 0.308 e. The van der Waals surface area contributed by atoms with Gasteiger partial charge in [-0.25, -0.2) is 0 Å². The Bertz CT molecular complexity index is 526. The van der Waals surface area contributed by atoms with Crippen molar-refractivity contribution in [1.29, 1.82) is 0 Å². The van der Waals surface area contributed by atoms with E-state index >= 15 is 0 Å². The SMILES string of the molecule is CC(C)C(CC(=O)N1C[C@@H](C)[C@H](C(=O)O)C1)c1ccccc1. The molecule has 1 amide bonds. The summed E-state index contributed by atoms with van der Waals surface area (Å²) in [4.78, 5) is 25.5. The second-order valence-electron chi connectivity index (χ2n) is 6.69. The second-order valence-corrected chi connectivity index (χ2v) is 6.69. The summed E-state index contributed by atoms with van der Waals surface area (Å²) in [5, 5.41) is 9.19. The van der Waals surface area contributed by atoms with Crippen molar-refractivity contribution in [2.75, 3.05) is 13.1 Å². The summed E-state index contributed by atoms with van der Waals surface area (Å²) < 4.78 is 0. The molecule has 1 aliphatic heterocycles. The number of hydrogen-bond acceptors (Lipinski definition) is 2. The van der Waals surface area contributed by atoms with E-state index in [0.29, 0.717) is 25.4 Å². The highest BCUT2D eigenvalue weighted by molar-refractivity contribution is 5.79. The van der Waals surface area contributed by atoms with E-state index in [4.69, 9.17) is 0 Å². The van der Waals surface area contributed by atoms with Crippen molar-refractivity contribution in [3.63, 3.8) is 0 Å². The van der Waals surface area contributed by atoms with Gasteiger partial charge in [0, 0.05) is 19.5 Å². The van der Waals surface area contributed by atoms with Gasteiger partial charge in [-0.1, -0.05) is 51.1 Å². The topological polar surface area (TPSA) is 57.6 Å². The van der Waals surface area contributed by atoms with Crippen molar-refractivity contribution in [2.45, 2.75) is 33.1 Å². The highest BCUT2D eigenvalue weighted by Gasteiger charge is 2.37. The second kappa shape index (κ2) is 6.95. The molecule has 0 bridgehead atoms. The van der Waals surface area contributed by atoms with Crippen LogP contribution in [0.3, 0.4) is 0 Å². The summed E-state index contributed by atoms with van der Waals surface area (Å²) >= 11 is 0. The maximum absolute atomic E-state index is 12.6. The largest absolute Gasteiger partial charge is 0.481 e. The first-order valence-electron chi connectivity index (χ1n) is 7.95. The Kier molecular flexibility index (Phi) is 5.22. The van der Waals surface area contributed by atoms with Crippen LogP contribution in [0.15, 0.2) is 30.3 Å². The van der Waals surface area contributed by atoms with Gasteiger partial charge in [0.05, 0.1) is 5.92 Å². The van der Waals surface area contributed by atoms with Crippen molar-refractivity contribution < 1.29 is 14.7 Å². The highest BCUT2D eigenvalue weighted by Crippen LogP contribution is 2.30. The molecule has 4 heteroatoms. The van der Waals surface area contributed by atoms with Crippen LogP contribution in [-0.4, -0.2) is 35.0 Å². The molecule has 1 fully saturated rings. The molecular weight excluding hydrogens is 278 g/mol. The van der Waals surface area contributed by atoms with Gasteiger partial charge in [0.2, 0.25) is 5.91 Å². The van der Waals surface area contributed by atoms with Gasteiger partial charge in [0.25, 0.3) is 0 Å². The summed E-state index contributed by atoms with van der Waals surface area (Å²) in [6.07, 6.45) is 0.445. The van der Waals surface area contributed by atoms with Gasteiger partial charge in [-0.3, -0.25) is 9.59 Å². The molecule has 1 unspecified atom stereocenters. The molecule has 22 heavy (non-hydrogen) atoms. The predicted octanol–water partition coefficient (Wildman–Crippen LogP) is 3.00. The lowest BCUT2D eigenvalue weighted by Gasteiger charge is -2.24. The lowest BCUT2D eigenvalue weighted by molar-refractivity contribution is -0.142. The molecule has 1 aromatic carbocycles. The minimum Gasteiger partial charge on any atom is -0.481 e. The number of carbonyl (C=O) groups excluding carboxylic acids is 1. The van der Waals surface area contributed by atoms with Crippen LogP contribution in [0.25, 0.3) is 0 Å². The van der Waals surface area contributed by atoms with Gasteiger partial charge in [-0.15, -0.1) is 0 Å². The van der Waals surface area contributed by atoms with Crippen LogP contribution >= 0.6 is 0 Å². The smallest absolute Gasteiger partial charge is 0.308 e. The van der Waals surface area contributed by atoms with E-state index in [2.05, 4.69) is 26.0 Å². The number of carbonyl (C=O) groups is 2. The summed E-state index contributed by atoms with van der Waals surface area (Å²) in [7, 11) is 0. The Morgan fingerprint density at radius 1 is 1.23 bits per heavy atom. The number of rotatable bonds is 5. The van der Waals surface area contributed by atoms with Crippen molar-refractivity contribution >= 4 is 11.9 Å². The fraction of sp³-hybridized carbons (Fsp3) is 0.556. The number of carboxylic acids is 1.